The minimum Gasteiger partial charge on any atom is -0.462 e. The normalized spacial score (nSPS) is 15.2. The van der Waals surface area contributed by atoms with Crippen molar-refractivity contribution in [2.24, 2.45) is 0 Å². The van der Waals surface area contributed by atoms with Crippen molar-refractivity contribution in [2.45, 2.75) is 45.1 Å². The van der Waals surface area contributed by atoms with Crippen LogP contribution in [0, 0.1) is 0 Å². The van der Waals surface area contributed by atoms with Crippen LogP contribution in [0.1, 0.15) is 62.9 Å². The molecule has 0 bridgehead atoms. The van der Waals surface area contributed by atoms with Crippen LogP contribution in [0.4, 0.5) is 5.00 Å². The molecular formula is C30H29N3O5S. The number of anilines is 1. The molecular weight excluding hydrogens is 514 g/mol. The highest BCUT2D eigenvalue weighted by atomic mass is 32.1. The molecule has 200 valence electrons. The van der Waals surface area contributed by atoms with Gasteiger partial charge in [-0.1, -0.05) is 42.5 Å². The smallest absolute Gasteiger partial charge is 0.341 e. The monoisotopic (exact) mass is 543 g/mol. The van der Waals surface area contributed by atoms with E-state index >= 15 is 0 Å². The van der Waals surface area contributed by atoms with E-state index in [0.29, 0.717) is 34.3 Å². The van der Waals surface area contributed by atoms with Gasteiger partial charge in [0.1, 0.15) is 10.8 Å². The standard InChI is InChI=1S/C30H29N3O5S/c1-3-37-30(36)25-23-14-13-22(19-7-5-4-6-8-19)17-24(23)39-28(25)33-27(34)18(2)38-29(35)21-11-9-20(10-12-21)26-31-15-16-32-26/h4-12,15-16,18,22H,3,13-14,17H2,1-2H3,(H,31,32)(H,33,34). The summed E-state index contributed by atoms with van der Waals surface area (Å²) in [7, 11) is 0. The summed E-state index contributed by atoms with van der Waals surface area (Å²) in [5.74, 6) is -0.557. The molecule has 2 unspecified atom stereocenters. The number of nitrogens with zero attached hydrogens (tertiary/aromatic N) is 1. The largest absolute Gasteiger partial charge is 0.462 e. The number of nitrogens with one attached hydrogen (secondary N) is 2. The average molecular weight is 544 g/mol. The maximum absolute atomic E-state index is 13.1. The maximum Gasteiger partial charge on any atom is 0.341 e. The lowest BCUT2D eigenvalue weighted by Gasteiger charge is -2.23. The number of carbonyl (C=O) groups excluding carboxylic acids is 3. The van der Waals surface area contributed by atoms with E-state index in [9.17, 15) is 14.4 Å². The zero-order valence-corrected chi connectivity index (χ0v) is 22.5. The molecule has 0 saturated carbocycles. The summed E-state index contributed by atoms with van der Waals surface area (Å²) in [5.41, 5.74) is 3.74. The Balaban J connectivity index is 1.29. The highest BCUT2D eigenvalue weighted by molar-refractivity contribution is 7.17. The zero-order valence-electron chi connectivity index (χ0n) is 21.7. The third kappa shape index (κ3) is 5.78. The van der Waals surface area contributed by atoms with Gasteiger partial charge in [-0.2, -0.15) is 0 Å². The second-order valence-corrected chi connectivity index (χ2v) is 10.4. The molecule has 2 N–H and O–H groups in total. The minimum absolute atomic E-state index is 0.232. The molecule has 2 aromatic carbocycles. The number of carbonyl (C=O) groups is 3. The number of hydrogen-bond acceptors (Lipinski definition) is 7. The number of ether oxygens (including phenoxy) is 2. The summed E-state index contributed by atoms with van der Waals surface area (Å²) >= 11 is 1.39. The Labute approximate surface area is 230 Å². The van der Waals surface area contributed by atoms with E-state index in [4.69, 9.17) is 9.47 Å². The molecule has 2 heterocycles. The summed E-state index contributed by atoms with van der Waals surface area (Å²) in [4.78, 5) is 47.0. The number of H-pyrrole nitrogens is 1. The Hall–Kier alpha value is -4.24. The predicted octanol–water partition coefficient (Wildman–Crippen LogP) is 5.77. The quantitative estimate of drug-likeness (QED) is 0.273. The van der Waals surface area contributed by atoms with E-state index in [0.717, 1.165) is 28.8 Å². The second-order valence-electron chi connectivity index (χ2n) is 9.33. The van der Waals surface area contributed by atoms with Crippen molar-refractivity contribution in [3.05, 3.63) is 94.1 Å². The Morgan fingerprint density at radius 3 is 2.56 bits per heavy atom. The molecule has 4 aromatic rings. The van der Waals surface area contributed by atoms with Crippen molar-refractivity contribution in [1.82, 2.24) is 9.97 Å². The van der Waals surface area contributed by atoms with Crippen molar-refractivity contribution in [1.29, 1.82) is 0 Å². The number of fused-ring (bicyclic) bond motifs is 1. The molecule has 0 radical (unpaired) electrons. The maximum atomic E-state index is 13.1. The van der Waals surface area contributed by atoms with Gasteiger partial charge in [0.15, 0.2) is 6.10 Å². The van der Waals surface area contributed by atoms with E-state index in [1.807, 2.05) is 18.2 Å². The van der Waals surface area contributed by atoms with Gasteiger partial charge in [0.2, 0.25) is 0 Å². The third-order valence-electron chi connectivity index (χ3n) is 6.80. The molecule has 1 aliphatic rings. The Morgan fingerprint density at radius 1 is 1.10 bits per heavy atom. The lowest BCUT2D eigenvalue weighted by atomic mass is 9.83. The molecule has 0 aliphatic heterocycles. The van der Waals surface area contributed by atoms with Gasteiger partial charge in [-0.15, -0.1) is 11.3 Å². The molecule has 5 rings (SSSR count). The number of thiophene rings is 1. The molecule has 9 heteroatoms. The highest BCUT2D eigenvalue weighted by Crippen LogP contribution is 2.43. The molecule has 8 nitrogen and oxygen atoms in total. The topological polar surface area (TPSA) is 110 Å². The summed E-state index contributed by atoms with van der Waals surface area (Å²) < 4.78 is 10.8. The molecule has 1 aliphatic carbocycles. The van der Waals surface area contributed by atoms with Crippen molar-refractivity contribution in [2.75, 3.05) is 11.9 Å². The lowest BCUT2D eigenvalue weighted by Crippen LogP contribution is -2.30. The van der Waals surface area contributed by atoms with Crippen LogP contribution in [0.5, 0.6) is 0 Å². The van der Waals surface area contributed by atoms with Crippen molar-refractivity contribution < 1.29 is 23.9 Å². The molecule has 2 aromatic heterocycles. The molecule has 0 fully saturated rings. The van der Waals surface area contributed by atoms with Crippen LogP contribution >= 0.6 is 11.3 Å². The second kappa shape index (κ2) is 11.7. The summed E-state index contributed by atoms with van der Waals surface area (Å²) in [6.45, 7) is 3.49. The van der Waals surface area contributed by atoms with Gasteiger partial charge < -0.3 is 19.8 Å². The fourth-order valence-corrected chi connectivity index (χ4v) is 6.10. The molecule has 2 atom stereocenters. The van der Waals surface area contributed by atoms with Crippen LogP contribution in [0.3, 0.4) is 0 Å². The first-order valence-electron chi connectivity index (χ1n) is 12.9. The summed E-state index contributed by atoms with van der Waals surface area (Å²) in [5, 5.41) is 3.27. The number of hydrogen-bond donors (Lipinski definition) is 2. The number of esters is 2. The Kier molecular flexibility index (Phi) is 7.88. The number of aromatic nitrogens is 2. The number of aromatic amines is 1. The van der Waals surface area contributed by atoms with Gasteiger partial charge in [-0.05, 0) is 62.3 Å². The van der Waals surface area contributed by atoms with Crippen molar-refractivity contribution in [3.63, 3.8) is 0 Å². The van der Waals surface area contributed by atoms with Crippen LogP contribution in [-0.4, -0.2) is 40.5 Å². The number of imidazole rings is 1. The van der Waals surface area contributed by atoms with Crippen LogP contribution in [0.15, 0.2) is 67.0 Å². The van der Waals surface area contributed by atoms with Crippen molar-refractivity contribution >= 4 is 34.2 Å². The Bertz CT molecular complexity index is 1460. The van der Waals surface area contributed by atoms with E-state index in [1.165, 1.54) is 23.8 Å². The first-order valence-corrected chi connectivity index (χ1v) is 13.7. The van der Waals surface area contributed by atoms with Crippen LogP contribution in [0.25, 0.3) is 11.4 Å². The predicted molar refractivity (Wildman–Crippen MR) is 149 cm³/mol. The van der Waals surface area contributed by atoms with Crippen LogP contribution in [0.2, 0.25) is 0 Å². The fraction of sp³-hybridized carbons (Fsp3) is 0.267. The highest BCUT2D eigenvalue weighted by Gasteiger charge is 2.32. The van der Waals surface area contributed by atoms with Gasteiger partial charge in [-0.3, -0.25) is 4.79 Å². The van der Waals surface area contributed by atoms with Gasteiger partial charge in [0.05, 0.1) is 17.7 Å². The minimum atomic E-state index is -1.08. The van der Waals surface area contributed by atoms with E-state index in [2.05, 4.69) is 27.4 Å². The third-order valence-corrected chi connectivity index (χ3v) is 7.97. The Morgan fingerprint density at radius 2 is 1.87 bits per heavy atom. The number of benzene rings is 2. The van der Waals surface area contributed by atoms with Crippen molar-refractivity contribution in [3.8, 4) is 11.4 Å². The number of amides is 1. The molecule has 0 spiro atoms. The molecule has 0 saturated heterocycles. The van der Waals surface area contributed by atoms with Crippen LogP contribution in [-0.2, 0) is 27.1 Å². The SMILES string of the molecule is CCOC(=O)c1c(NC(=O)C(C)OC(=O)c2ccc(-c3ncc[nH]3)cc2)sc2c1CCC(c1ccccc1)C2. The van der Waals surface area contributed by atoms with Gasteiger partial charge in [0.25, 0.3) is 5.91 Å². The zero-order chi connectivity index (χ0) is 27.4. The van der Waals surface area contributed by atoms with Gasteiger partial charge in [0, 0.05) is 22.8 Å². The first kappa shape index (κ1) is 26.4. The van der Waals surface area contributed by atoms with Crippen LogP contribution < -0.4 is 5.32 Å². The summed E-state index contributed by atoms with van der Waals surface area (Å²) in [6, 6.07) is 17.1. The van der Waals surface area contributed by atoms with Gasteiger partial charge >= 0.3 is 11.9 Å². The first-order chi connectivity index (χ1) is 18.9. The van der Waals surface area contributed by atoms with E-state index in [1.54, 1.807) is 43.6 Å². The van der Waals surface area contributed by atoms with Gasteiger partial charge in [-0.25, -0.2) is 14.6 Å². The lowest BCUT2D eigenvalue weighted by molar-refractivity contribution is -0.123. The molecule has 1 amide bonds. The average Bonchev–Trinajstić information content (AvgIpc) is 3.61. The van der Waals surface area contributed by atoms with E-state index < -0.39 is 23.9 Å². The molecule has 39 heavy (non-hydrogen) atoms. The number of rotatable bonds is 8. The fourth-order valence-electron chi connectivity index (χ4n) is 4.79. The van der Waals surface area contributed by atoms with E-state index in [-0.39, 0.29) is 6.61 Å². The summed E-state index contributed by atoms with van der Waals surface area (Å²) in [6.07, 6.45) is 4.69.